The maximum atomic E-state index is 12.9. The Morgan fingerprint density at radius 3 is 2.21 bits per heavy atom. The summed E-state index contributed by atoms with van der Waals surface area (Å²) in [6.45, 7) is 0.354. The molecule has 1 aliphatic rings. The van der Waals surface area contributed by atoms with Crippen molar-refractivity contribution in [3.8, 4) is 0 Å². The van der Waals surface area contributed by atoms with Crippen LogP contribution >= 0.6 is 23.2 Å². The molecule has 0 radical (unpaired) electrons. The van der Waals surface area contributed by atoms with Gasteiger partial charge in [-0.25, -0.2) is 10.5 Å². The van der Waals surface area contributed by atoms with E-state index in [1.165, 1.54) is 36.4 Å². The van der Waals surface area contributed by atoms with Crippen LogP contribution in [0.2, 0.25) is 10.0 Å². The molecule has 33 heavy (non-hydrogen) atoms. The second kappa shape index (κ2) is 9.93. The van der Waals surface area contributed by atoms with E-state index in [1.54, 1.807) is 12.1 Å². The fourth-order valence-corrected chi connectivity index (χ4v) is 4.64. The van der Waals surface area contributed by atoms with E-state index >= 15 is 0 Å². The van der Waals surface area contributed by atoms with Gasteiger partial charge in [-0.05, 0) is 47.5 Å². The van der Waals surface area contributed by atoms with E-state index in [0.29, 0.717) is 16.6 Å². The zero-order chi connectivity index (χ0) is 23.4. The molecule has 0 fully saturated rings. The molecule has 3 aromatic carbocycles. The van der Waals surface area contributed by atoms with E-state index in [2.05, 4.69) is 9.88 Å². The molecule has 3 aromatic rings. The highest BCUT2D eigenvalue weighted by Crippen LogP contribution is 2.29. The summed E-state index contributed by atoms with van der Waals surface area (Å²) in [5, 5.41) is 7.23. The molecule has 4 rings (SSSR count). The Labute approximate surface area is 202 Å². The van der Waals surface area contributed by atoms with E-state index in [4.69, 9.17) is 33.1 Å². The van der Waals surface area contributed by atoms with Gasteiger partial charge >= 0.3 is 0 Å². The van der Waals surface area contributed by atoms with E-state index in [0.717, 1.165) is 16.8 Å². The quantitative estimate of drug-likeness (QED) is 0.310. The summed E-state index contributed by atoms with van der Waals surface area (Å²) in [4.78, 5) is 5.02. The van der Waals surface area contributed by atoms with Crippen LogP contribution in [-0.4, -0.2) is 38.8 Å². The number of nitrogens with zero attached hydrogens (tertiary/aromatic N) is 3. The number of benzene rings is 3. The number of hydrazone groups is 1. The van der Waals surface area contributed by atoms with Crippen molar-refractivity contribution in [1.29, 1.82) is 0 Å². The lowest BCUT2D eigenvalue weighted by atomic mass is 9.91. The molecule has 0 saturated carbocycles. The molecule has 0 aromatic heterocycles. The first-order chi connectivity index (χ1) is 15.9. The van der Waals surface area contributed by atoms with Gasteiger partial charge in [-0.2, -0.15) is 13.5 Å². The van der Waals surface area contributed by atoms with Crippen molar-refractivity contribution in [1.82, 2.24) is 10.5 Å². The molecule has 1 heterocycles. The first kappa shape index (κ1) is 23.3. The highest BCUT2D eigenvalue weighted by atomic mass is 35.5. The van der Waals surface area contributed by atoms with E-state index < -0.39 is 10.0 Å². The maximum absolute atomic E-state index is 12.9. The molecule has 1 atom stereocenters. The zero-order valence-electron chi connectivity index (χ0n) is 17.5. The third kappa shape index (κ3) is 5.36. The summed E-state index contributed by atoms with van der Waals surface area (Å²) in [5.41, 5.74) is 5.22. The summed E-state index contributed by atoms with van der Waals surface area (Å²) in [7, 11) is -2.67. The van der Waals surface area contributed by atoms with Crippen LogP contribution < -0.4 is 5.48 Å². The number of hydrogen-bond donors (Lipinski definition) is 1. The lowest BCUT2D eigenvalue weighted by Gasteiger charge is -2.18. The lowest BCUT2D eigenvalue weighted by molar-refractivity contribution is 0.132. The van der Waals surface area contributed by atoms with E-state index in [-0.39, 0.29) is 16.8 Å². The van der Waals surface area contributed by atoms with Crippen LogP contribution in [0.3, 0.4) is 0 Å². The average molecular weight is 503 g/mol. The van der Waals surface area contributed by atoms with Crippen molar-refractivity contribution in [3.05, 3.63) is 100 Å². The first-order valence-corrected chi connectivity index (χ1v) is 12.1. The zero-order valence-corrected chi connectivity index (χ0v) is 19.8. The van der Waals surface area contributed by atoms with Gasteiger partial charge in [0.25, 0.3) is 16.0 Å². The Morgan fingerprint density at radius 1 is 1.00 bits per heavy atom. The summed E-state index contributed by atoms with van der Waals surface area (Å²) >= 11 is 11.9. The molecule has 0 aliphatic carbocycles. The Balaban J connectivity index is 1.75. The van der Waals surface area contributed by atoms with Crippen LogP contribution in [0.5, 0.6) is 0 Å². The molecule has 1 aliphatic heterocycles. The summed E-state index contributed by atoms with van der Waals surface area (Å²) < 4.78 is 29.8. The van der Waals surface area contributed by atoms with Gasteiger partial charge in [0.15, 0.2) is 0 Å². The summed E-state index contributed by atoms with van der Waals surface area (Å²) in [5.74, 6) is -0.188. The average Bonchev–Trinajstić information content (AvgIpc) is 3.25. The van der Waals surface area contributed by atoms with Gasteiger partial charge < -0.3 is 0 Å². The molecule has 0 spiro atoms. The predicted octanol–water partition coefficient (Wildman–Crippen LogP) is 4.69. The second-order valence-corrected chi connectivity index (χ2v) is 9.66. The predicted molar refractivity (Wildman–Crippen MR) is 130 cm³/mol. The third-order valence-corrected chi connectivity index (χ3v) is 6.80. The van der Waals surface area contributed by atoms with Crippen LogP contribution in [0.25, 0.3) is 0 Å². The Bertz CT molecular complexity index is 1280. The van der Waals surface area contributed by atoms with Crippen LogP contribution in [0.1, 0.15) is 17.0 Å². The van der Waals surface area contributed by atoms with Crippen LogP contribution in [0.4, 0.5) is 0 Å². The van der Waals surface area contributed by atoms with Gasteiger partial charge in [0.05, 0.1) is 24.3 Å². The molecule has 10 heteroatoms. The Kier molecular flexibility index (Phi) is 6.99. The van der Waals surface area contributed by atoms with Crippen molar-refractivity contribution in [3.63, 3.8) is 0 Å². The van der Waals surface area contributed by atoms with Crippen molar-refractivity contribution in [2.45, 2.75) is 10.8 Å². The van der Waals surface area contributed by atoms with Crippen molar-refractivity contribution in [2.24, 2.45) is 9.50 Å². The number of guanidine groups is 1. The van der Waals surface area contributed by atoms with Crippen LogP contribution in [-0.2, 0) is 14.9 Å². The van der Waals surface area contributed by atoms with Gasteiger partial charge in [-0.3, -0.25) is 4.84 Å². The smallest absolute Gasteiger partial charge is 0.277 e. The first-order valence-electron chi connectivity index (χ1n) is 9.94. The fourth-order valence-electron chi connectivity index (χ4n) is 3.44. The maximum Gasteiger partial charge on any atom is 0.285 e. The van der Waals surface area contributed by atoms with Gasteiger partial charge in [-0.15, -0.1) is 4.40 Å². The van der Waals surface area contributed by atoms with Gasteiger partial charge in [0.2, 0.25) is 0 Å². The van der Waals surface area contributed by atoms with E-state index in [9.17, 15) is 8.42 Å². The number of rotatable bonds is 5. The van der Waals surface area contributed by atoms with Gasteiger partial charge in [-0.1, -0.05) is 65.7 Å². The molecule has 170 valence electrons. The standard InChI is InChI=1S/C23H20Cl2N4O3S/c1-32-27-23(28-33(30,31)20-13-11-19(25)12-14-20)29-15-21(16-5-3-2-4-6-16)22(26-29)17-7-9-18(24)10-8-17/h2-14,21H,15H2,1H3,(H,27,28). The molecular formula is C23H20Cl2N4O3S. The minimum absolute atomic E-state index is 0.00279. The topological polar surface area (TPSA) is 83.4 Å². The number of halogens is 2. The van der Waals surface area contributed by atoms with Crippen molar-refractivity contribution >= 4 is 44.9 Å². The Hall–Kier alpha value is -2.91. The minimum Gasteiger partial charge on any atom is -0.277 e. The van der Waals surface area contributed by atoms with Gasteiger partial charge in [0.1, 0.15) is 0 Å². The number of hydrogen-bond acceptors (Lipinski definition) is 4. The number of nitrogens with one attached hydrogen (secondary N) is 1. The molecule has 7 nitrogen and oxygen atoms in total. The minimum atomic E-state index is -4.05. The number of hydroxylamine groups is 1. The third-order valence-electron chi connectivity index (χ3n) is 5.01. The normalized spacial score (nSPS) is 16.6. The van der Waals surface area contributed by atoms with E-state index in [1.807, 2.05) is 42.5 Å². The molecule has 0 saturated heterocycles. The highest BCUT2D eigenvalue weighted by molar-refractivity contribution is 7.90. The van der Waals surface area contributed by atoms with Crippen LogP contribution in [0.15, 0.2) is 93.3 Å². The molecule has 0 amide bonds. The molecular weight excluding hydrogens is 483 g/mol. The van der Waals surface area contributed by atoms with Gasteiger partial charge in [0, 0.05) is 16.0 Å². The Morgan fingerprint density at radius 2 is 1.61 bits per heavy atom. The fraction of sp³-hybridized carbons (Fsp3) is 0.130. The monoisotopic (exact) mass is 502 g/mol. The van der Waals surface area contributed by atoms with Crippen LogP contribution in [0, 0.1) is 0 Å². The molecule has 1 unspecified atom stereocenters. The SMILES string of the molecule is CON/C(=N\S(=O)(=O)c1ccc(Cl)cc1)N1CC(c2ccccc2)C(c2ccc(Cl)cc2)=N1. The molecule has 1 N–H and O–H groups in total. The summed E-state index contributed by atoms with van der Waals surface area (Å²) in [6.07, 6.45) is 0. The van der Waals surface area contributed by atoms with Crippen molar-refractivity contribution < 1.29 is 13.3 Å². The molecule has 0 bridgehead atoms. The summed E-state index contributed by atoms with van der Waals surface area (Å²) in [6, 6.07) is 23.0. The second-order valence-electron chi connectivity index (χ2n) is 7.19. The lowest BCUT2D eigenvalue weighted by Crippen LogP contribution is -2.38. The largest absolute Gasteiger partial charge is 0.285 e. The number of sulfonamides is 1. The highest BCUT2D eigenvalue weighted by Gasteiger charge is 2.32. The van der Waals surface area contributed by atoms with Crippen molar-refractivity contribution in [2.75, 3.05) is 13.7 Å².